The smallest absolute Gasteiger partial charge is 0.209 e. The van der Waals surface area contributed by atoms with Crippen molar-refractivity contribution in [2.24, 2.45) is 4.99 Å². The van der Waals surface area contributed by atoms with Crippen LogP contribution in [0.15, 0.2) is 58.4 Å². The molecule has 1 aliphatic carbocycles. The van der Waals surface area contributed by atoms with E-state index in [1.165, 1.54) is 19.3 Å². The van der Waals surface area contributed by atoms with Crippen LogP contribution in [0.2, 0.25) is 5.02 Å². The Kier molecular flexibility index (Phi) is 5.81. The van der Waals surface area contributed by atoms with Gasteiger partial charge in [0.1, 0.15) is 0 Å². The number of guanidine groups is 1. The third-order valence-electron chi connectivity index (χ3n) is 6.38. The van der Waals surface area contributed by atoms with Crippen LogP contribution in [0.25, 0.3) is 11.1 Å². The Morgan fingerprint density at radius 1 is 0.933 bits per heavy atom. The van der Waals surface area contributed by atoms with E-state index in [2.05, 4.69) is 9.80 Å². The molecule has 5 nitrogen and oxygen atoms in total. The Balaban J connectivity index is 1.26. The number of rotatable bonds is 4. The minimum absolute atomic E-state index is 0.709. The number of hydrogen-bond donors (Lipinski definition) is 0. The first kappa shape index (κ1) is 20.0. The van der Waals surface area contributed by atoms with Gasteiger partial charge in [0, 0.05) is 37.2 Å². The first-order chi connectivity index (χ1) is 14.7. The monoisotopic (exact) mass is 442 g/mol. The summed E-state index contributed by atoms with van der Waals surface area (Å²) in [6.45, 7) is 5.52. The van der Waals surface area contributed by atoms with Gasteiger partial charge in [-0.05, 0) is 48.2 Å². The van der Waals surface area contributed by atoms with Crippen LogP contribution in [-0.4, -0.2) is 69.6 Å². The molecule has 2 aromatic rings. The van der Waals surface area contributed by atoms with Crippen molar-refractivity contribution in [3.05, 3.63) is 53.6 Å². The molecule has 5 rings (SSSR count). The van der Waals surface area contributed by atoms with E-state index < -0.39 is 11.0 Å². The third kappa shape index (κ3) is 4.01. The van der Waals surface area contributed by atoms with Gasteiger partial charge in [-0.25, -0.2) is 4.21 Å². The summed E-state index contributed by atoms with van der Waals surface area (Å²) in [6.07, 6.45) is 4.07. The first-order valence-electron chi connectivity index (χ1n) is 10.8. The average Bonchev–Trinajstić information content (AvgIpc) is 3.23. The fourth-order valence-electron chi connectivity index (χ4n) is 4.43. The molecule has 7 heteroatoms. The van der Waals surface area contributed by atoms with Gasteiger partial charge in [0.15, 0.2) is 11.0 Å². The first-order valence-corrected chi connectivity index (χ1v) is 12.3. The topological polar surface area (TPSA) is 39.2 Å². The summed E-state index contributed by atoms with van der Waals surface area (Å²) in [5.41, 5.74) is 2.13. The molecule has 1 atom stereocenters. The van der Waals surface area contributed by atoms with Crippen LogP contribution in [0.1, 0.15) is 19.3 Å². The highest BCUT2D eigenvalue weighted by molar-refractivity contribution is 7.83. The zero-order chi connectivity index (χ0) is 20.5. The van der Waals surface area contributed by atoms with Crippen LogP contribution in [0, 0.1) is 0 Å². The molecule has 2 aromatic carbocycles. The highest BCUT2D eigenvalue weighted by Crippen LogP contribution is 2.27. The van der Waals surface area contributed by atoms with Gasteiger partial charge in [-0.3, -0.25) is 14.2 Å². The van der Waals surface area contributed by atoms with Crippen LogP contribution >= 0.6 is 11.6 Å². The lowest BCUT2D eigenvalue weighted by Gasteiger charge is -2.44. The molecule has 0 spiro atoms. The Morgan fingerprint density at radius 3 is 2.37 bits per heavy atom. The second-order valence-electron chi connectivity index (χ2n) is 8.18. The van der Waals surface area contributed by atoms with Crippen molar-refractivity contribution in [1.82, 2.24) is 14.1 Å². The number of halogens is 1. The molecule has 2 heterocycles. The van der Waals surface area contributed by atoms with E-state index in [0.29, 0.717) is 13.1 Å². The summed E-state index contributed by atoms with van der Waals surface area (Å²) in [4.78, 5) is 10.5. The lowest BCUT2D eigenvalue weighted by atomic mass is 9.91. The maximum atomic E-state index is 13.3. The summed E-state index contributed by atoms with van der Waals surface area (Å²) in [7, 11) is -1.25. The fraction of sp³-hybridized carbons (Fsp3) is 0.435. The van der Waals surface area contributed by atoms with Crippen molar-refractivity contribution < 1.29 is 4.21 Å². The van der Waals surface area contributed by atoms with Gasteiger partial charge in [0.2, 0.25) is 5.96 Å². The summed E-state index contributed by atoms with van der Waals surface area (Å²) in [5, 5.41) is 0.718. The molecule has 0 amide bonds. The molecule has 1 unspecified atom stereocenters. The quantitative estimate of drug-likeness (QED) is 0.721. The average molecular weight is 443 g/mol. The largest absolute Gasteiger partial charge is 0.339 e. The van der Waals surface area contributed by atoms with Gasteiger partial charge < -0.3 is 4.90 Å². The molecular formula is C23H27ClN4OS. The van der Waals surface area contributed by atoms with E-state index in [0.717, 1.165) is 59.2 Å². The Morgan fingerprint density at radius 2 is 1.70 bits per heavy atom. The van der Waals surface area contributed by atoms with Crippen LogP contribution in [0.5, 0.6) is 0 Å². The summed E-state index contributed by atoms with van der Waals surface area (Å²) >= 11 is 6.11. The predicted molar refractivity (Wildman–Crippen MR) is 123 cm³/mol. The van der Waals surface area contributed by atoms with E-state index in [4.69, 9.17) is 16.6 Å². The molecule has 0 bridgehead atoms. The van der Waals surface area contributed by atoms with E-state index in [-0.39, 0.29) is 0 Å². The molecule has 30 heavy (non-hydrogen) atoms. The normalized spacial score (nSPS) is 21.4. The lowest BCUT2D eigenvalue weighted by Crippen LogP contribution is -2.55. The molecule has 1 saturated carbocycles. The van der Waals surface area contributed by atoms with E-state index in [9.17, 15) is 4.21 Å². The Bertz CT molecular complexity index is 952. The SMILES string of the molecule is O=S(c1ccc(-c2cccc(Cl)c2)cc1)N1CCN=C1N1CCN(C2CCC2)CC1. The van der Waals surface area contributed by atoms with Gasteiger partial charge in [-0.1, -0.05) is 42.3 Å². The van der Waals surface area contributed by atoms with E-state index >= 15 is 0 Å². The summed E-state index contributed by atoms with van der Waals surface area (Å²) < 4.78 is 15.3. The zero-order valence-corrected chi connectivity index (χ0v) is 18.6. The second kappa shape index (κ2) is 8.69. The molecule has 0 radical (unpaired) electrons. The Labute approximate surface area is 185 Å². The standard InChI is InChI=1S/C23H27ClN4OS/c24-20-4-1-3-19(17-20)18-7-9-22(10-8-18)30(29)28-12-11-25-23(28)27-15-13-26(14-16-27)21-5-2-6-21/h1,3-4,7-10,17,21H,2,5-6,11-16H2. The van der Waals surface area contributed by atoms with E-state index in [1.807, 2.05) is 52.8 Å². The Hall–Kier alpha value is -1.89. The number of nitrogens with zero attached hydrogens (tertiary/aromatic N) is 4. The van der Waals surface area contributed by atoms with Crippen molar-refractivity contribution in [2.45, 2.75) is 30.2 Å². The molecular weight excluding hydrogens is 416 g/mol. The number of aliphatic imine (C=N–C) groups is 1. The highest BCUT2D eigenvalue weighted by atomic mass is 35.5. The van der Waals surface area contributed by atoms with Crippen molar-refractivity contribution in [2.75, 3.05) is 39.3 Å². The lowest BCUT2D eigenvalue weighted by molar-refractivity contribution is 0.0834. The summed E-state index contributed by atoms with van der Waals surface area (Å²) in [6, 6.07) is 16.5. The maximum Gasteiger partial charge on any atom is 0.209 e. The molecule has 3 aliphatic rings. The molecule has 2 fully saturated rings. The van der Waals surface area contributed by atoms with Gasteiger partial charge in [0.05, 0.1) is 18.0 Å². The second-order valence-corrected chi connectivity index (χ2v) is 10.0. The van der Waals surface area contributed by atoms with Crippen molar-refractivity contribution in [3.63, 3.8) is 0 Å². The molecule has 158 valence electrons. The number of hydrogen-bond acceptors (Lipinski definition) is 4. The van der Waals surface area contributed by atoms with Crippen LogP contribution in [-0.2, 0) is 11.0 Å². The van der Waals surface area contributed by atoms with Gasteiger partial charge in [-0.15, -0.1) is 0 Å². The van der Waals surface area contributed by atoms with Crippen molar-refractivity contribution in [3.8, 4) is 11.1 Å². The van der Waals surface area contributed by atoms with Gasteiger partial charge >= 0.3 is 0 Å². The highest BCUT2D eigenvalue weighted by Gasteiger charge is 2.33. The predicted octanol–water partition coefficient (Wildman–Crippen LogP) is 3.87. The van der Waals surface area contributed by atoms with Crippen molar-refractivity contribution in [1.29, 1.82) is 0 Å². The van der Waals surface area contributed by atoms with Gasteiger partial charge in [0.25, 0.3) is 0 Å². The molecule has 1 saturated heterocycles. The number of benzene rings is 2. The van der Waals surface area contributed by atoms with Crippen molar-refractivity contribution >= 4 is 28.5 Å². The molecule has 2 aliphatic heterocycles. The zero-order valence-electron chi connectivity index (χ0n) is 17.0. The maximum absolute atomic E-state index is 13.3. The number of piperazine rings is 1. The van der Waals surface area contributed by atoms with Crippen LogP contribution in [0.3, 0.4) is 0 Å². The molecule has 0 N–H and O–H groups in total. The van der Waals surface area contributed by atoms with Gasteiger partial charge in [-0.2, -0.15) is 0 Å². The fourth-order valence-corrected chi connectivity index (χ4v) is 5.82. The van der Waals surface area contributed by atoms with Crippen LogP contribution < -0.4 is 0 Å². The summed E-state index contributed by atoms with van der Waals surface area (Å²) in [5.74, 6) is 0.903. The van der Waals surface area contributed by atoms with E-state index in [1.54, 1.807) is 0 Å². The molecule has 0 aromatic heterocycles. The minimum Gasteiger partial charge on any atom is -0.339 e. The third-order valence-corrected chi connectivity index (χ3v) is 8.04. The van der Waals surface area contributed by atoms with Crippen LogP contribution in [0.4, 0.5) is 0 Å². The minimum atomic E-state index is -1.25.